The number of benzene rings is 2. The van der Waals surface area contributed by atoms with Gasteiger partial charge in [0.05, 0.1) is 23.5 Å². The number of nitrogens with one attached hydrogen (secondary N) is 2. The molecule has 0 aliphatic carbocycles. The van der Waals surface area contributed by atoms with E-state index in [2.05, 4.69) is 15.6 Å². The van der Waals surface area contributed by atoms with E-state index in [-0.39, 0.29) is 11.8 Å². The number of hydrogen-bond acceptors (Lipinski definition) is 6. The van der Waals surface area contributed by atoms with Crippen LogP contribution in [0.5, 0.6) is 11.5 Å². The maximum Gasteiger partial charge on any atom is 0.224 e. The maximum atomic E-state index is 12.4. The minimum atomic E-state index is -0.0959. The number of aryl methyl sites for hydroxylation is 1. The Morgan fingerprint density at radius 1 is 1.16 bits per heavy atom. The number of carbonyl (C=O) groups is 2. The summed E-state index contributed by atoms with van der Waals surface area (Å²) >= 11 is 1.52. The number of fused-ring (bicyclic) bond motifs is 1. The summed E-state index contributed by atoms with van der Waals surface area (Å²) in [7, 11) is 0. The van der Waals surface area contributed by atoms with Gasteiger partial charge >= 0.3 is 0 Å². The van der Waals surface area contributed by atoms with Crippen molar-refractivity contribution in [2.24, 2.45) is 0 Å². The Labute approximate surface area is 184 Å². The van der Waals surface area contributed by atoms with Gasteiger partial charge in [-0.05, 0) is 48.7 Å². The summed E-state index contributed by atoms with van der Waals surface area (Å²) in [5, 5.41) is 7.69. The number of nitrogens with zero attached hydrogens (tertiary/aromatic N) is 1. The smallest absolute Gasteiger partial charge is 0.224 e. The number of carbonyl (C=O) groups excluding carboxylic acids is 2. The Kier molecular flexibility index (Phi) is 6.78. The molecule has 2 amide bonds. The first-order valence-electron chi connectivity index (χ1n) is 10.1. The predicted molar refractivity (Wildman–Crippen MR) is 120 cm³/mol. The molecule has 4 rings (SSSR count). The lowest BCUT2D eigenvalue weighted by Gasteiger charge is -2.17. The summed E-state index contributed by atoms with van der Waals surface area (Å²) in [6.07, 6.45) is 2.12. The lowest BCUT2D eigenvalue weighted by molar-refractivity contribution is -0.117. The Bertz CT molecular complexity index is 1050. The van der Waals surface area contributed by atoms with Crippen molar-refractivity contribution in [2.75, 3.05) is 17.2 Å². The van der Waals surface area contributed by atoms with Gasteiger partial charge in [0.2, 0.25) is 11.8 Å². The average molecular weight is 438 g/mol. The number of para-hydroxylation sites is 2. The number of anilines is 2. The molecule has 1 aliphatic heterocycles. The number of ether oxygens (including phenoxy) is 2. The fourth-order valence-electron chi connectivity index (χ4n) is 3.24. The summed E-state index contributed by atoms with van der Waals surface area (Å²) in [6.45, 7) is 0.787. The SMILES string of the molecule is O=C1CCc2cc(OCCCC(=O)Nc3ccccc3OCc3cscn3)ccc2N1. The van der Waals surface area contributed by atoms with Gasteiger partial charge in [0.1, 0.15) is 18.1 Å². The van der Waals surface area contributed by atoms with Gasteiger partial charge in [-0.25, -0.2) is 4.98 Å². The molecular formula is C23H23N3O4S. The van der Waals surface area contributed by atoms with E-state index in [1.54, 1.807) is 5.51 Å². The lowest BCUT2D eigenvalue weighted by Crippen LogP contribution is -2.18. The topological polar surface area (TPSA) is 89.6 Å². The second-order valence-electron chi connectivity index (χ2n) is 7.13. The predicted octanol–water partition coefficient (Wildman–Crippen LogP) is 4.40. The van der Waals surface area contributed by atoms with Crippen molar-refractivity contribution < 1.29 is 19.1 Å². The molecule has 7 nitrogen and oxygen atoms in total. The Morgan fingerprint density at radius 3 is 2.94 bits per heavy atom. The van der Waals surface area contributed by atoms with Gasteiger partial charge in [0, 0.05) is 23.9 Å². The van der Waals surface area contributed by atoms with Crippen molar-refractivity contribution in [3.63, 3.8) is 0 Å². The summed E-state index contributed by atoms with van der Waals surface area (Å²) in [5.41, 5.74) is 5.17. The number of hydrogen-bond donors (Lipinski definition) is 2. The van der Waals surface area contributed by atoms with E-state index in [9.17, 15) is 9.59 Å². The third-order valence-electron chi connectivity index (χ3n) is 4.81. The fourth-order valence-corrected chi connectivity index (χ4v) is 3.78. The molecule has 3 aromatic rings. The summed E-state index contributed by atoms with van der Waals surface area (Å²) in [6, 6.07) is 13.0. The third-order valence-corrected chi connectivity index (χ3v) is 5.44. The monoisotopic (exact) mass is 437 g/mol. The minimum Gasteiger partial charge on any atom is -0.494 e. The highest BCUT2D eigenvalue weighted by molar-refractivity contribution is 7.07. The number of amides is 2. The summed E-state index contributed by atoms with van der Waals surface area (Å²) < 4.78 is 11.6. The second kappa shape index (κ2) is 10.1. The van der Waals surface area contributed by atoms with Crippen LogP contribution in [0.4, 0.5) is 11.4 Å². The average Bonchev–Trinajstić information content (AvgIpc) is 3.30. The Balaban J connectivity index is 1.22. The molecule has 1 aromatic heterocycles. The number of aromatic nitrogens is 1. The Hall–Kier alpha value is -3.39. The molecule has 0 saturated carbocycles. The van der Waals surface area contributed by atoms with E-state index >= 15 is 0 Å². The van der Waals surface area contributed by atoms with Gasteiger partial charge in [-0.3, -0.25) is 9.59 Å². The van der Waals surface area contributed by atoms with Gasteiger partial charge in [0.25, 0.3) is 0 Å². The van der Waals surface area contributed by atoms with Crippen molar-refractivity contribution in [1.82, 2.24) is 4.98 Å². The molecule has 31 heavy (non-hydrogen) atoms. The quantitative estimate of drug-likeness (QED) is 0.484. The normalized spacial score (nSPS) is 12.6. The molecule has 0 atom stereocenters. The molecule has 1 aliphatic rings. The first-order valence-corrected chi connectivity index (χ1v) is 11.1. The van der Waals surface area contributed by atoms with Crippen molar-refractivity contribution in [3.8, 4) is 11.5 Å². The van der Waals surface area contributed by atoms with Crippen LogP contribution in [0.3, 0.4) is 0 Å². The van der Waals surface area contributed by atoms with E-state index in [1.807, 2.05) is 47.8 Å². The van der Waals surface area contributed by atoms with Crippen LogP contribution in [-0.4, -0.2) is 23.4 Å². The molecule has 0 radical (unpaired) electrons. The summed E-state index contributed by atoms with van der Waals surface area (Å²) in [5.74, 6) is 1.31. The van der Waals surface area contributed by atoms with E-state index < -0.39 is 0 Å². The molecule has 160 valence electrons. The van der Waals surface area contributed by atoms with Crippen LogP contribution in [0.1, 0.15) is 30.5 Å². The van der Waals surface area contributed by atoms with E-state index in [4.69, 9.17) is 9.47 Å². The van der Waals surface area contributed by atoms with E-state index in [0.717, 1.165) is 22.7 Å². The number of thiazole rings is 1. The van der Waals surface area contributed by atoms with Crippen LogP contribution in [0.25, 0.3) is 0 Å². The fraction of sp³-hybridized carbons (Fsp3) is 0.261. The lowest BCUT2D eigenvalue weighted by atomic mass is 10.0. The molecular weight excluding hydrogens is 414 g/mol. The summed E-state index contributed by atoms with van der Waals surface area (Å²) in [4.78, 5) is 28.0. The molecule has 0 saturated heterocycles. The van der Waals surface area contributed by atoms with Crippen LogP contribution in [0.15, 0.2) is 53.4 Å². The second-order valence-corrected chi connectivity index (χ2v) is 7.85. The number of rotatable bonds is 9. The van der Waals surface area contributed by atoms with Crippen molar-refractivity contribution in [1.29, 1.82) is 0 Å². The zero-order valence-electron chi connectivity index (χ0n) is 16.9. The van der Waals surface area contributed by atoms with Crippen LogP contribution in [0, 0.1) is 0 Å². The largest absolute Gasteiger partial charge is 0.494 e. The van der Waals surface area contributed by atoms with E-state index in [0.29, 0.717) is 50.3 Å². The van der Waals surface area contributed by atoms with Gasteiger partial charge in [-0.15, -0.1) is 11.3 Å². The van der Waals surface area contributed by atoms with Crippen LogP contribution >= 0.6 is 11.3 Å². The molecule has 0 bridgehead atoms. The van der Waals surface area contributed by atoms with Crippen molar-refractivity contribution in [2.45, 2.75) is 32.3 Å². The molecule has 2 aromatic carbocycles. The highest BCUT2D eigenvalue weighted by Crippen LogP contribution is 2.27. The molecule has 2 N–H and O–H groups in total. The van der Waals surface area contributed by atoms with Crippen LogP contribution in [-0.2, 0) is 22.6 Å². The maximum absolute atomic E-state index is 12.4. The van der Waals surface area contributed by atoms with Crippen molar-refractivity contribution >= 4 is 34.5 Å². The molecule has 8 heteroatoms. The minimum absolute atomic E-state index is 0.0438. The van der Waals surface area contributed by atoms with Gasteiger partial charge in [-0.2, -0.15) is 0 Å². The molecule has 0 unspecified atom stereocenters. The van der Waals surface area contributed by atoms with E-state index in [1.165, 1.54) is 11.3 Å². The molecule has 2 heterocycles. The van der Waals surface area contributed by atoms with Crippen LogP contribution < -0.4 is 20.1 Å². The first kappa shape index (κ1) is 20.9. The van der Waals surface area contributed by atoms with Gasteiger partial charge in [0.15, 0.2) is 0 Å². The van der Waals surface area contributed by atoms with Gasteiger partial charge < -0.3 is 20.1 Å². The highest BCUT2D eigenvalue weighted by Gasteiger charge is 2.15. The highest BCUT2D eigenvalue weighted by atomic mass is 32.1. The molecule has 0 spiro atoms. The van der Waals surface area contributed by atoms with Crippen molar-refractivity contribution in [3.05, 3.63) is 64.6 Å². The zero-order valence-corrected chi connectivity index (χ0v) is 17.7. The third kappa shape index (κ3) is 5.82. The Morgan fingerprint density at radius 2 is 2.06 bits per heavy atom. The molecule has 0 fully saturated rings. The first-order chi connectivity index (χ1) is 15.2. The van der Waals surface area contributed by atoms with Crippen LogP contribution in [0.2, 0.25) is 0 Å². The van der Waals surface area contributed by atoms with Gasteiger partial charge in [-0.1, -0.05) is 12.1 Å². The zero-order chi connectivity index (χ0) is 21.5. The standard InChI is InChI=1S/C23H23N3O4S/c27-22(26-20-4-1-2-5-21(20)30-13-17-14-31-15-24-17)6-3-11-29-18-8-9-19-16(12-18)7-10-23(28)25-19/h1-2,4-5,8-9,12,14-15H,3,6-7,10-11,13H2,(H,25,28)(H,26,27).